The number of anilines is 1. The molecule has 2 amide bonds. The molecule has 1 saturated heterocycles. The Morgan fingerprint density at radius 3 is 2.63 bits per heavy atom. The van der Waals surface area contributed by atoms with E-state index in [0.29, 0.717) is 23.7 Å². The number of imide groups is 1. The standard InChI is InChI=1S/C13H16N2O3S/c1-18-10-4-2-9(3-5-10)15-12(16)8-11(13(15)17)19-7-6-14/h2-5,11H,6-8,14H2,1H3/t11-/m0/s1. The number of amides is 2. The molecule has 1 aliphatic heterocycles. The highest BCUT2D eigenvalue weighted by molar-refractivity contribution is 8.00. The van der Waals surface area contributed by atoms with Crippen LogP contribution in [0.5, 0.6) is 5.75 Å². The first-order valence-electron chi connectivity index (χ1n) is 6.00. The quantitative estimate of drug-likeness (QED) is 0.815. The van der Waals surface area contributed by atoms with E-state index in [-0.39, 0.29) is 23.5 Å². The molecule has 0 radical (unpaired) electrons. The summed E-state index contributed by atoms with van der Waals surface area (Å²) in [5.74, 6) is 1.05. The summed E-state index contributed by atoms with van der Waals surface area (Å²) in [7, 11) is 1.57. The molecule has 2 rings (SSSR count). The normalized spacial score (nSPS) is 19.1. The van der Waals surface area contributed by atoms with Crippen LogP contribution in [-0.4, -0.2) is 36.5 Å². The van der Waals surface area contributed by atoms with Gasteiger partial charge in [0.25, 0.3) is 0 Å². The molecule has 0 unspecified atom stereocenters. The fraction of sp³-hybridized carbons (Fsp3) is 0.385. The largest absolute Gasteiger partial charge is 0.497 e. The summed E-state index contributed by atoms with van der Waals surface area (Å²) in [6.45, 7) is 0.505. The van der Waals surface area contributed by atoms with Gasteiger partial charge in [-0.2, -0.15) is 0 Å². The van der Waals surface area contributed by atoms with E-state index in [0.717, 1.165) is 0 Å². The topological polar surface area (TPSA) is 72.6 Å². The maximum absolute atomic E-state index is 12.2. The van der Waals surface area contributed by atoms with Crippen molar-refractivity contribution in [2.45, 2.75) is 11.7 Å². The summed E-state index contributed by atoms with van der Waals surface area (Å²) in [4.78, 5) is 25.4. The van der Waals surface area contributed by atoms with Gasteiger partial charge in [-0.15, -0.1) is 11.8 Å². The van der Waals surface area contributed by atoms with Gasteiger partial charge in [-0.25, -0.2) is 4.90 Å². The molecule has 1 aliphatic rings. The first-order valence-corrected chi connectivity index (χ1v) is 7.04. The average Bonchev–Trinajstić information content (AvgIpc) is 2.71. The van der Waals surface area contributed by atoms with E-state index in [2.05, 4.69) is 0 Å². The Morgan fingerprint density at radius 2 is 2.05 bits per heavy atom. The summed E-state index contributed by atoms with van der Waals surface area (Å²) in [5.41, 5.74) is 6.01. The SMILES string of the molecule is COc1ccc(N2C(=O)C[C@H](SCCN)C2=O)cc1. The molecule has 19 heavy (non-hydrogen) atoms. The van der Waals surface area contributed by atoms with Gasteiger partial charge in [0.1, 0.15) is 5.75 Å². The van der Waals surface area contributed by atoms with Crippen molar-refractivity contribution in [2.24, 2.45) is 5.73 Å². The van der Waals surface area contributed by atoms with Crippen molar-refractivity contribution in [3.63, 3.8) is 0 Å². The molecule has 0 spiro atoms. The summed E-state index contributed by atoms with van der Waals surface area (Å²) in [6, 6.07) is 6.89. The number of carbonyl (C=O) groups is 2. The van der Waals surface area contributed by atoms with Crippen molar-refractivity contribution < 1.29 is 14.3 Å². The number of rotatable bonds is 5. The Bertz CT molecular complexity index is 475. The van der Waals surface area contributed by atoms with Crippen LogP contribution in [0.2, 0.25) is 0 Å². The zero-order valence-electron chi connectivity index (χ0n) is 10.7. The third kappa shape index (κ3) is 2.90. The number of ether oxygens (including phenoxy) is 1. The third-order valence-corrected chi connectivity index (χ3v) is 4.11. The van der Waals surface area contributed by atoms with Crippen LogP contribution < -0.4 is 15.4 Å². The van der Waals surface area contributed by atoms with Gasteiger partial charge in [0, 0.05) is 18.7 Å². The van der Waals surface area contributed by atoms with Crippen LogP contribution in [0.4, 0.5) is 5.69 Å². The summed E-state index contributed by atoms with van der Waals surface area (Å²) in [5, 5.41) is -0.307. The first-order chi connectivity index (χ1) is 9.17. The summed E-state index contributed by atoms with van der Waals surface area (Å²) < 4.78 is 5.05. The molecule has 102 valence electrons. The van der Waals surface area contributed by atoms with Crippen molar-refractivity contribution in [2.75, 3.05) is 24.3 Å². The number of carbonyl (C=O) groups excluding carboxylic acids is 2. The Kier molecular flexibility index (Phi) is 4.44. The number of benzene rings is 1. The molecule has 1 aromatic carbocycles. The smallest absolute Gasteiger partial charge is 0.247 e. The second-order valence-corrected chi connectivity index (χ2v) is 5.43. The van der Waals surface area contributed by atoms with E-state index in [9.17, 15) is 9.59 Å². The second kappa shape index (κ2) is 6.08. The van der Waals surface area contributed by atoms with Crippen LogP contribution in [0.1, 0.15) is 6.42 Å². The summed E-state index contributed by atoms with van der Waals surface area (Å²) >= 11 is 1.44. The number of hydrogen-bond acceptors (Lipinski definition) is 5. The monoisotopic (exact) mass is 280 g/mol. The zero-order chi connectivity index (χ0) is 13.8. The molecule has 5 nitrogen and oxygen atoms in total. The first kappa shape index (κ1) is 13.9. The molecule has 2 N–H and O–H groups in total. The molecule has 1 heterocycles. The van der Waals surface area contributed by atoms with Gasteiger partial charge < -0.3 is 10.5 Å². The van der Waals surface area contributed by atoms with E-state index in [4.69, 9.17) is 10.5 Å². The highest BCUT2D eigenvalue weighted by Gasteiger charge is 2.39. The van der Waals surface area contributed by atoms with Crippen molar-refractivity contribution >= 4 is 29.3 Å². The van der Waals surface area contributed by atoms with Gasteiger partial charge in [0.05, 0.1) is 18.0 Å². The lowest BCUT2D eigenvalue weighted by molar-refractivity contribution is -0.121. The lowest BCUT2D eigenvalue weighted by atomic mass is 10.3. The molecule has 1 atom stereocenters. The van der Waals surface area contributed by atoms with Gasteiger partial charge in [0.15, 0.2) is 0 Å². The number of nitrogens with two attached hydrogens (primary N) is 1. The molecule has 0 aromatic heterocycles. The van der Waals surface area contributed by atoms with Crippen molar-refractivity contribution in [1.82, 2.24) is 0 Å². The van der Waals surface area contributed by atoms with Gasteiger partial charge in [-0.05, 0) is 24.3 Å². The highest BCUT2D eigenvalue weighted by Crippen LogP contribution is 2.30. The van der Waals surface area contributed by atoms with Crippen LogP contribution >= 0.6 is 11.8 Å². The lowest BCUT2D eigenvalue weighted by Gasteiger charge is -2.15. The van der Waals surface area contributed by atoms with Crippen LogP contribution in [0.25, 0.3) is 0 Å². The zero-order valence-corrected chi connectivity index (χ0v) is 11.5. The molecule has 0 bridgehead atoms. The molecule has 0 saturated carbocycles. The van der Waals surface area contributed by atoms with Crippen molar-refractivity contribution in [3.05, 3.63) is 24.3 Å². The molecule has 1 aromatic rings. The Balaban J connectivity index is 2.14. The van der Waals surface area contributed by atoms with Gasteiger partial charge >= 0.3 is 0 Å². The van der Waals surface area contributed by atoms with E-state index < -0.39 is 0 Å². The van der Waals surface area contributed by atoms with E-state index in [1.807, 2.05) is 0 Å². The number of hydrogen-bond donors (Lipinski definition) is 1. The molecule has 6 heteroatoms. The number of thioether (sulfide) groups is 1. The molecule has 1 fully saturated rings. The highest BCUT2D eigenvalue weighted by atomic mass is 32.2. The molecular weight excluding hydrogens is 264 g/mol. The predicted octanol–water partition coefficient (Wildman–Crippen LogP) is 1.02. The number of nitrogens with zero attached hydrogens (tertiary/aromatic N) is 1. The van der Waals surface area contributed by atoms with E-state index in [1.165, 1.54) is 16.7 Å². The predicted molar refractivity (Wildman–Crippen MR) is 75.4 cm³/mol. The summed E-state index contributed by atoms with van der Waals surface area (Å²) in [6.07, 6.45) is 0.246. The fourth-order valence-corrected chi connectivity index (χ4v) is 2.88. The van der Waals surface area contributed by atoms with Gasteiger partial charge in [-0.3, -0.25) is 9.59 Å². The molecule has 0 aliphatic carbocycles. The van der Waals surface area contributed by atoms with Crippen LogP contribution in [0.3, 0.4) is 0 Å². The third-order valence-electron chi connectivity index (χ3n) is 2.87. The second-order valence-electron chi connectivity index (χ2n) is 4.12. The Hall–Kier alpha value is -1.53. The van der Waals surface area contributed by atoms with Crippen molar-refractivity contribution in [3.8, 4) is 5.75 Å². The fourth-order valence-electron chi connectivity index (χ4n) is 1.95. The Labute approximate surface area is 116 Å². The minimum atomic E-state index is -0.307. The van der Waals surface area contributed by atoms with E-state index in [1.54, 1.807) is 31.4 Å². The number of methoxy groups -OCH3 is 1. The van der Waals surface area contributed by atoms with Gasteiger partial charge in [-0.1, -0.05) is 0 Å². The van der Waals surface area contributed by atoms with Crippen LogP contribution in [-0.2, 0) is 9.59 Å². The minimum absolute atomic E-state index is 0.159. The maximum Gasteiger partial charge on any atom is 0.247 e. The van der Waals surface area contributed by atoms with E-state index >= 15 is 0 Å². The maximum atomic E-state index is 12.2. The molecular formula is C13H16N2O3S. The van der Waals surface area contributed by atoms with Gasteiger partial charge in [0.2, 0.25) is 11.8 Å². The minimum Gasteiger partial charge on any atom is -0.497 e. The van der Waals surface area contributed by atoms with Crippen LogP contribution in [0, 0.1) is 0 Å². The average molecular weight is 280 g/mol. The van der Waals surface area contributed by atoms with Crippen molar-refractivity contribution in [1.29, 1.82) is 0 Å². The van der Waals surface area contributed by atoms with Crippen LogP contribution in [0.15, 0.2) is 24.3 Å². The lowest BCUT2D eigenvalue weighted by Crippen LogP contribution is -2.31. The Morgan fingerprint density at radius 1 is 1.37 bits per heavy atom.